The molecular weight excluding hydrogens is 310 g/mol. The molecule has 19 heavy (non-hydrogen) atoms. The minimum Gasteiger partial charge on any atom is -0.497 e. The monoisotopic (exact) mass is 323 g/mol. The molecule has 0 unspecified atom stereocenters. The van der Waals surface area contributed by atoms with Crippen LogP contribution in [-0.2, 0) is 6.61 Å². The second-order valence-electron chi connectivity index (χ2n) is 3.79. The first-order valence-electron chi connectivity index (χ1n) is 5.68. The summed E-state index contributed by atoms with van der Waals surface area (Å²) in [6.45, 7) is 0.455. The van der Waals surface area contributed by atoms with E-state index >= 15 is 0 Å². The Balaban J connectivity index is 2.07. The fourth-order valence-electron chi connectivity index (χ4n) is 1.55. The van der Waals surface area contributed by atoms with Gasteiger partial charge in [-0.05, 0) is 33.6 Å². The maximum atomic E-state index is 5.73. The van der Waals surface area contributed by atoms with Crippen molar-refractivity contribution in [1.82, 2.24) is 4.98 Å². The predicted molar refractivity (Wildman–Crippen MR) is 75.8 cm³/mol. The third-order valence-corrected chi connectivity index (χ3v) is 3.01. The van der Waals surface area contributed by atoms with Gasteiger partial charge in [0.05, 0.1) is 20.4 Å². The number of hydrogen-bond acceptors (Lipinski definition) is 4. The number of aromatic nitrogens is 1. The molecule has 4 nitrogen and oxygen atoms in total. The standard InChI is InChI=1S/C14H14BrNO3/c1-17-11-5-3-10(4-6-11)9-19-12-7-14(15)16-8-13(12)18-2/h3-8H,9H2,1-2H3. The highest BCUT2D eigenvalue weighted by Crippen LogP contribution is 2.29. The van der Waals surface area contributed by atoms with Crippen molar-refractivity contribution in [3.63, 3.8) is 0 Å². The van der Waals surface area contributed by atoms with Gasteiger partial charge >= 0.3 is 0 Å². The van der Waals surface area contributed by atoms with Crippen LogP contribution < -0.4 is 14.2 Å². The number of ether oxygens (including phenoxy) is 3. The van der Waals surface area contributed by atoms with E-state index in [9.17, 15) is 0 Å². The highest BCUT2D eigenvalue weighted by Gasteiger charge is 2.06. The van der Waals surface area contributed by atoms with Crippen molar-refractivity contribution < 1.29 is 14.2 Å². The van der Waals surface area contributed by atoms with E-state index in [4.69, 9.17) is 14.2 Å². The van der Waals surface area contributed by atoms with E-state index in [1.807, 2.05) is 24.3 Å². The molecule has 0 aliphatic heterocycles. The molecule has 0 radical (unpaired) electrons. The van der Waals surface area contributed by atoms with E-state index < -0.39 is 0 Å². The summed E-state index contributed by atoms with van der Waals surface area (Å²) in [5.41, 5.74) is 1.05. The van der Waals surface area contributed by atoms with Crippen molar-refractivity contribution in [2.45, 2.75) is 6.61 Å². The summed E-state index contributed by atoms with van der Waals surface area (Å²) >= 11 is 3.31. The maximum absolute atomic E-state index is 5.73. The van der Waals surface area contributed by atoms with E-state index in [2.05, 4.69) is 20.9 Å². The molecule has 0 atom stereocenters. The lowest BCUT2D eigenvalue weighted by molar-refractivity contribution is 0.283. The Kier molecular flexibility index (Phi) is 4.63. The number of hydrogen-bond donors (Lipinski definition) is 0. The van der Waals surface area contributed by atoms with Gasteiger partial charge in [-0.1, -0.05) is 12.1 Å². The fraction of sp³-hybridized carbons (Fsp3) is 0.214. The first kappa shape index (κ1) is 13.7. The Labute approximate surface area is 120 Å². The molecule has 5 heteroatoms. The number of pyridine rings is 1. The van der Waals surface area contributed by atoms with Gasteiger partial charge in [0.15, 0.2) is 11.5 Å². The van der Waals surface area contributed by atoms with Crippen LogP contribution in [-0.4, -0.2) is 19.2 Å². The largest absolute Gasteiger partial charge is 0.497 e. The van der Waals surface area contributed by atoms with Gasteiger partial charge in [0, 0.05) is 6.07 Å². The van der Waals surface area contributed by atoms with E-state index in [-0.39, 0.29) is 0 Å². The van der Waals surface area contributed by atoms with Crippen LogP contribution in [0.5, 0.6) is 17.2 Å². The zero-order valence-electron chi connectivity index (χ0n) is 10.7. The number of halogens is 1. The van der Waals surface area contributed by atoms with Crippen molar-refractivity contribution in [3.05, 3.63) is 46.7 Å². The average molecular weight is 324 g/mol. The molecule has 1 heterocycles. The lowest BCUT2D eigenvalue weighted by Crippen LogP contribution is -1.98. The smallest absolute Gasteiger partial charge is 0.179 e. The van der Waals surface area contributed by atoms with Crippen LogP contribution in [0.25, 0.3) is 0 Å². The molecular formula is C14H14BrNO3. The average Bonchev–Trinajstić information content (AvgIpc) is 2.46. The second kappa shape index (κ2) is 6.43. The van der Waals surface area contributed by atoms with E-state index in [1.165, 1.54) is 0 Å². The van der Waals surface area contributed by atoms with Crippen LogP contribution in [0.1, 0.15) is 5.56 Å². The van der Waals surface area contributed by atoms with E-state index in [1.54, 1.807) is 26.5 Å². The summed E-state index contributed by atoms with van der Waals surface area (Å²) in [6.07, 6.45) is 1.62. The summed E-state index contributed by atoms with van der Waals surface area (Å²) in [5, 5.41) is 0. The topological polar surface area (TPSA) is 40.6 Å². The molecule has 0 N–H and O–H groups in total. The number of nitrogens with zero attached hydrogens (tertiary/aromatic N) is 1. The quantitative estimate of drug-likeness (QED) is 0.790. The van der Waals surface area contributed by atoms with Crippen molar-refractivity contribution in [3.8, 4) is 17.2 Å². The summed E-state index contributed by atoms with van der Waals surface area (Å²) in [7, 11) is 3.23. The van der Waals surface area contributed by atoms with Gasteiger partial charge in [-0.15, -0.1) is 0 Å². The summed E-state index contributed by atoms with van der Waals surface area (Å²) < 4.78 is 16.7. The number of methoxy groups -OCH3 is 2. The summed E-state index contributed by atoms with van der Waals surface area (Å²) in [4.78, 5) is 4.08. The Morgan fingerprint density at radius 2 is 1.79 bits per heavy atom. The third kappa shape index (κ3) is 3.61. The zero-order valence-corrected chi connectivity index (χ0v) is 12.3. The van der Waals surface area contributed by atoms with Crippen LogP contribution in [0.4, 0.5) is 0 Å². The van der Waals surface area contributed by atoms with E-state index in [0.29, 0.717) is 22.7 Å². The molecule has 2 rings (SSSR count). The lowest BCUT2D eigenvalue weighted by Gasteiger charge is -2.10. The van der Waals surface area contributed by atoms with Crippen molar-refractivity contribution in [2.24, 2.45) is 0 Å². The molecule has 0 saturated carbocycles. The van der Waals surface area contributed by atoms with Gasteiger partial charge in [-0.25, -0.2) is 4.98 Å². The van der Waals surface area contributed by atoms with Gasteiger partial charge in [0.1, 0.15) is 17.0 Å². The zero-order chi connectivity index (χ0) is 13.7. The Morgan fingerprint density at radius 3 is 2.42 bits per heavy atom. The molecule has 100 valence electrons. The normalized spacial score (nSPS) is 10.1. The second-order valence-corrected chi connectivity index (χ2v) is 4.61. The van der Waals surface area contributed by atoms with Gasteiger partial charge in [0.2, 0.25) is 0 Å². The molecule has 0 aliphatic rings. The molecule has 0 bridgehead atoms. The molecule has 0 fully saturated rings. The number of benzene rings is 1. The Bertz CT molecular complexity index is 543. The SMILES string of the molecule is COc1ccc(COc2cc(Br)ncc2OC)cc1. The van der Waals surface area contributed by atoms with Crippen molar-refractivity contribution in [2.75, 3.05) is 14.2 Å². The highest BCUT2D eigenvalue weighted by molar-refractivity contribution is 9.10. The fourth-order valence-corrected chi connectivity index (χ4v) is 1.86. The van der Waals surface area contributed by atoms with Crippen LogP contribution >= 0.6 is 15.9 Å². The molecule has 0 amide bonds. The van der Waals surface area contributed by atoms with Crippen LogP contribution in [0.2, 0.25) is 0 Å². The van der Waals surface area contributed by atoms with Crippen molar-refractivity contribution in [1.29, 1.82) is 0 Å². The third-order valence-electron chi connectivity index (χ3n) is 2.57. The minimum atomic E-state index is 0.455. The van der Waals surface area contributed by atoms with Crippen LogP contribution in [0.15, 0.2) is 41.1 Å². The van der Waals surface area contributed by atoms with Gasteiger partial charge in [0.25, 0.3) is 0 Å². The molecule has 0 spiro atoms. The molecule has 1 aromatic heterocycles. The first-order valence-corrected chi connectivity index (χ1v) is 6.47. The molecule has 1 aromatic carbocycles. The maximum Gasteiger partial charge on any atom is 0.179 e. The van der Waals surface area contributed by atoms with Gasteiger partial charge < -0.3 is 14.2 Å². The predicted octanol–water partition coefficient (Wildman–Crippen LogP) is 3.44. The minimum absolute atomic E-state index is 0.455. The van der Waals surface area contributed by atoms with Crippen LogP contribution in [0, 0.1) is 0 Å². The van der Waals surface area contributed by atoms with Gasteiger partial charge in [-0.2, -0.15) is 0 Å². The first-order chi connectivity index (χ1) is 9.22. The Hall–Kier alpha value is -1.75. The van der Waals surface area contributed by atoms with E-state index in [0.717, 1.165) is 11.3 Å². The molecule has 2 aromatic rings. The number of rotatable bonds is 5. The summed E-state index contributed by atoms with van der Waals surface area (Å²) in [5.74, 6) is 2.09. The van der Waals surface area contributed by atoms with Crippen LogP contribution in [0.3, 0.4) is 0 Å². The molecule has 0 aliphatic carbocycles. The summed E-state index contributed by atoms with van der Waals surface area (Å²) in [6, 6.07) is 9.50. The van der Waals surface area contributed by atoms with Gasteiger partial charge in [-0.3, -0.25) is 0 Å². The Morgan fingerprint density at radius 1 is 1.05 bits per heavy atom. The lowest BCUT2D eigenvalue weighted by atomic mass is 10.2. The highest BCUT2D eigenvalue weighted by atomic mass is 79.9. The van der Waals surface area contributed by atoms with Crippen molar-refractivity contribution >= 4 is 15.9 Å². The molecule has 0 saturated heterocycles.